The van der Waals surface area contributed by atoms with E-state index in [-0.39, 0.29) is 36.5 Å². The predicted molar refractivity (Wildman–Crippen MR) is 132 cm³/mol. The van der Waals surface area contributed by atoms with E-state index in [9.17, 15) is 9.59 Å². The Morgan fingerprint density at radius 1 is 0.600 bits per heavy atom. The van der Waals surface area contributed by atoms with Gasteiger partial charge >= 0.3 is 0 Å². The molecule has 0 aromatic heterocycles. The van der Waals surface area contributed by atoms with Crippen LogP contribution in [0, 0.1) is 0 Å². The van der Waals surface area contributed by atoms with Crippen LogP contribution in [0.5, 0.6) is 0 Å². The molecule has 0 N–H and O–H groups in total. The lowest BCUT2D eigenvalue weighted by atomic mass is 9.96. The summed E-state index contributed by atoms with van der Waals surface area (Å²) in [6.07, 6.45) is 5.08. The van der Waals surface area contributed by atoms with E-state index in [4.69, 9.17) is 0 Å². The van der Waals surface area contributed by atoms with Gasteiger partial charge in [-0.1, -0.05) is 95.5 Å². The minimum atomic E-state index is -0.323. The van der Waals surface area contributed by atoms with Crippen LogP contribution in [-0.4, -0.2) is 32.2 Å². The molecule has 1 aromatic carbocycles. The number of benzene rings is 1. The van der Waals surface area contributed by atoms with Crippen LogP contribution in [0.4, 0.5) is 0 Å². The molecule has 0 spiro atoms. The number of carbonyl (C=O) groups excluding carboxylic acids is 2. The smallest absolute Gasteiger partial charge is 0.134 e. The first-order valence-corrected chi connectivity index (χ1v) is 14.4. The summed E-state index contributed by atoms with van der Waals surface area (Å²) in [5.74, 6) is 0.853. The minimum absolute atomic E-state index is 0.0857. The Hall–Kier alpha value is -0.580. The van der Waals surface area contributed by atoms with Gasteiger partial charge in [0.1, 0.15) is 11.6 Å². The first-order chi connectivity index (χ1) is 13.6. The van der Waals surface area contributed by atoms with Gasteiger partial charge in [0.05, 0.1) is 0 Å². The number of hydrogen-bond donors (Lipinski definition) is 0. The molecular formula is C26H40O2P2. The number of carbonyl (C=O) groups is 2. The van der Waals surface area contributed by atoms with Gasteiger partial charge in [-0.2, -0.15) is 0 Å². The molecule has 30 heavy (non-hydrogen) atoms. The normalized spacial score (nSPS) is 26.0. The van der Waals surface area contributed by atoms with Crippen LogP contribution >= 0.6 is 15.8 Å². The second kappa shape index (κ2) is 8.08. The molecule has 0 radical (unpaired) electrons. The summed E-state index contributed by atoms with van der Waals surface area (Å²) >= 11 is 0. The van der Waals surface area contributed by atoms with Crippen LogP contribution in [0.25, 0.3) is 0 Å². The van der Waals surface area contributed by atoms with Gasteiger partial charge in [-0.3, -0.25) is 9.59 Å². The van der Waals surface area contributed by atoms with Crippen LogP contribution in [0.15, 0.2) is 24.3 Å². The van der Waals surface area contributed by atoms with Crippen molar-refractivity contribution in [3.8, 4) is 0 Å². The Morgan fingerprint density at radius 2 is 0.867 bits per heavy atom. The largest absolute Gasteiger partial charge is 0.300 e. The van der Waals surface area contributed by atoms with Gasteiger partial charge in [0, 0.05) is 25.7 Å². The Bertz CT molecular complexity index is 726. The van der Waals surface area contributed by atoms with Gasteiger partial charge in [0.25, 0.3) is 0 Å². The first kappa shape index (κ1) is 24.1. The van der Waals surface area contributed by atoms with E-state index in [1.165, 1.54) is 11.1 Å². The molecule has 3 rings (SSSR count). The molecule has 0 atom stereocenters. The SMILES string of the molecule is CC1(C)CC(=O)CC(C)(C)P1Cc1ccccc1CP1C(C)(C)CC(=O)CC1(C)C. The van der Waals surface area contributed by atoms with Gasteiger partial charge < -0.3 is 0 Å². The Balaban J connectivity index is 1.92. The van der Waals surface area contributed by atoms with Gasteiger partial charge in [-0.15, -0.1) is 0 Å². The molecule has 2 heterocycles. The van der Waals surface area contributed by atoms with Crippen molar-refractivity contribution in [3.05, 3.63) is 35.4 Å². The number of hydrogen-bond acceptors (Lipinski definition) is 2. The zero-order chi connectivity index (χ0) is 22.5. The van der Waals surface area contributed by atoms with Crippen molar-refractivity contribution in [1.29, 1.82) is 0 Å². The molecule has 0 saturated carbocycles. The Morgan fingerprint density at radius 3 is 1.13 bits per heavy atom. The fraction of sp³-hybridized carbons (Fsp3) is 0.692. The van der Waals surface area contributed by atoms with Crippen molar-refractivity contribution >= 4 is 27.4 Å². The van der Waals surface area contributed by atoms with E-state index in [1.54, 1.807) is 0 Å². The second-order valence-electron chi connectivity index (χ2n) is 12.0. The zero-order valence-electron chi connectivity index (χ0n) is 20.3. The predicted octanol–water partition coefficient (Wildman–Crippen LogP) is 7.49. The molecular weight excluding hydrogens is 406 g/mol. The molecule has 4 heteroatoms. The number of ketones is 2. The van der Waals surface area contributed by atoms with Crippen LogP contribution in [0.3, 0.4) is 0 Å². The standard InChI is InChI=1S/C26H40O2P2/c1-23(2)13-21(27)14-24(3,4)29(23)17-19-11-9-10-12-20(19)18-30-25(5,6)15-22(28)16-26(30,7)8/h9-12H,13-18H2,1-8H3. The van der Waals surface area contributed by atoms with Crippen LogP contribution in [0.2, 0.25) is 0 Å². The third kappa shape index (κ3) is 4.91. The summed E-state index contributed by atoms with van der Waals surface area (Å²) in [5.41, 5.74) is 2.95. The highest BCUT2D eigenvalue weighted by Crippen LogP contribution is 2.69. The average molecular weight is 447 g/mol. The van der Waals surface area contributed by atoms with Crippen molar-refractivity contribution in [2.45, 2.75) is 114 Å². The third-order valence-electron chi connectivity index (χ3n) is 7.22. The lowest BCUT2D eigenvalue weighted by Gasteiger charge is -2.50. The summed E-state index contributed by atoms with van der Waals surface area (Å²) < 4.78 is 0. The fourth-order valence-electron chi connectivity index (χ4n) is 6.14. The monoisotopic (exact) mass is 446 g/mol. The zero-order valence-corrected chi connectivity index (χ0v) is 22.1. The van der Waals surface area contributed by atoms with E-state index >= 15 is 0 Å². The van der Waals surface area contributed by atoms with Crippen LogP contribution in [-0.2, 0) is 21.9 Å². The maximum atomic E-state index is 12.4. The molecule has 2 aliphatic rings. The van der Waals surface area contributed by atoms with Crippen LogP contribution < -0.4 is 0 Å². The summed E-state index contributed by atoms with van der Waals surface area (Å²) in [6.45, 7) is 18.5. The molecule has 166 valence electrons. The van der Waals surface area contributed by atoms with E-state index < -0.39 is 0 Å². The third-order valence-corrected chi connectivity index (χ3v) is 15.0. The average Bonchev–Trinajstić information content (AvgIpc) is 2.53. The molecule has 2 fully saturated rings. The fourth-order valence-corrected chi connectivity index (χ4v) is 13.9. The Labute approximate surface area is 186 Å². The van der Waals surface area contributed by atoms with Crippen molar-refractivity contribution in [3.63, 3.8) is 0 Å². The first-order valence-electron chi connectivity index (χ1n) is 11.3. The molecule has 2 aliphatic heterocycles. The molecule has 0 amide bonds. The van der Waals surface area contributed by atoms with Crippen molar-refractivity contribution in [1.82, 2.24) is 0 Å². The van der Waals surface area contributed by atoms with E-state index in [1.807, 2.05) is 0 Å². The molecule has 2 saturated heterocycles. The lowest BCUT2D eigenvalue weighted by molar-refractivity contribution is -0.121. The molecule has 0 aliphatic carbocycles. The van der Waals surface area contributed by atoms with Crippen molar-refractivity contribution in [2.75, 3.05) is 0 Å². The molecule has 0 bridgehead atoms. The summed E-state index contributed by atoms with van der Waals surface area (Å²) in [6, 6.07) is 9.00. The van der Waals surface area contributed by atoms with Gasteiger partial charge in [-0.25, -0.2) is 0 Å². The van der Waals surface area contributed by atoms with Crippen molar-refractivity contribution < 1.29 is 9.59 Å². The van der Waals surface area contributed by atoms with Gasteiger partial charge in [0.15, 0.2) is 0 Å². The maximum Gasteiger partial charge on any atom is 0.134 e. The highest BCUT2D eigenvalue weighted by molar-refractivity contribution is 7.61. The lowest BCUT2D eigenvalue weighted by Crippen LogP contribution is -2.41. The Kier molecular flexibility index (Phi) is 6.48. The minimum Gasteiger partial charge on any atom is -0.300 e. The molecule has 0 unspecified atom stereocenters. The molecule has 1 aromatic rings. The quantitative estimate of drug-likeness (QED) is 0.449. The van der Waals surface area contributed by atoms with E-state index in [2.05, 4.69) is 79.7 Å². The van der Waals surface area contributed by atoms with Gasteiger partial charge in [-0.05, 0) is 44.1 Å². The highest BCUT2D eigenvalue weighted by Gasteiger charge is 2.48. The van der Waals surface area contributed by atoms with Crippen molar-refractivity contribution in [2.24, 2.45) is 0 Å². The van der Waals surface area contributed by atoms with E-state index in [0.29, 0.717) is 11.6 Å². The maximum absolute atomic E-state index is 12.4. The van der Waals surface area contributed by atoms with E-state index in [0.717, 1.165) is 38.0 Å². The summed E-state index contributed by atoms with van der Waals surface area (Å²) in [4.78, 5) is 24.8. The number of rotatable bonds is 4. The second-order valence-corrected chi connectivity index (χ2v) is 19.2. The van der Waals surface area contributed by atoms with Gasteiger partial charge in [0.2, 0.25) is 0 Å². The number of Topliss-reactive ketones (excluding diaryl/α,β-unsaturated/α-hetero) is 2. The van der Waals surface area contributed by atoms with Crippen LogP contribution in [0.1, 0.15) is 92.2 Å². The summed E-state index contributed by atoms with van der Waals surface area (Å²) in [7, 11) is -0.646. The molecule has 2 nitrogen and oxygen atoms in total. The topological polar surface area (TPSA) is 34.1 Å². The summed E-state index contributed by atoms with van der Waals surface area (Å²) in [5, 5.41) is 0.343. The highest BCUT2D eigenvalue weighted by atomic mass is 31.1.